The van der Waals surface area contributed by atoms with Crippen molar-refractivity contribution >= 4 is 5.96 Å². The average Bonchev–Trinajstić information content (AvgIpc) is 2.59. The highest BCUT2D eigenvalue weighted by molar-refractivity contribution is 5.79. The van der Waals surface area contributed by atoms with Gasteiger partial charge < -0.3 is 5.32 Å². The minimum atomic E-state index is 0.714. The van der Waals surface area contributed by atoms with E-state index < -0.39 is 0 Å². The first-order valence-corrected chi connectivity index (χ1v) is 5.52. The Morgan fingerprint density at radius 2 is 2.29 bits per heavy atom. The number of hydrogen-bond acceptors (Lipinski definition) is 2. The van der Waals surface area contributed by atoms with Crippen LogP contribution in [0.15, 0.2) is 4.99 Å². The minimum Gasteiger partial charge on any atom is -0.356 e. The smallest absolute Gasteiger partial charge is 0.205 e. The van der Waals surface area contributed by atoms with Crippen molar-refractivity contribution in [3.8, 4) is 0 Å². The molecule has 0 saturated heterocycles. The number of hydrazine groups is 1. The van der Waals surface area contributed by atoms with Gasteiger partial charge in [-0.1, -0.05) is 19.8 Å². The summed E-state index contributed by atoms with van der Waals surface area (Å²) in [5.74, 6) is 7.62. The molecule has 0 aromatic carbocycles. The van der Waals surface area contributed by atoms with Crippen LogP contribution < -0.4 is 16.6 Å². The Kier molecular flexibility index (Phi) is 4.73. The zero-order chi connectivity index (χ0) is 10.4. The number of nitrogens with zero attached hydrogens (tertiary/aromatic N) is 1. The van der Waals surface area contributed by atoms with Gasteiger partial charge in [0.25, 0.3) is 0 Å². The molecule has 4 N–H and O–H groups in total. The zero-order valence-electron chi connectivity index (χ0n) is 9.21. The van der Waals surface area contributed by atoms with Gasteiger partial charge in [-0.3, -0.25) is 10.4 Å². The fourth-order valence-corrected chi connectivity index (χ4v) is 2.02. The van der Waals surface area contributed by atoms with Crippen LogP contribution in [0.2, 0.25) is 0 Å². The van der Waals surface area contributed by atoms with E-state index >= 15 is 0 Å². The topological polar surface area (TPSA) is 62.4 Å². The van der Waals surface area contributed by atoms with Gasteiger partial charge in [0, 0.05) is 13.1 Å². The second kappa shape index (κ2) is 5.86. The third-order valence-electron chi connectivity index (χ3n) is 3.00. The van der Waals surface area contributed by atoms with Crippen LogP contribution in [0.5, 0.6) is 0 Å². The van der Waals surface area contributed by atoms with E-state index in [9.17, 15) is 0 Å². The van der Waals surface area contributed by atoms with E-state index in [-0.39, 0.29) is 0 Å². The second-order valence-electron chi connectivity index (χ2n) is 4.03. The molecule has 1 aliphatic rings. The van der Waals surface area contributed by atoms with Gasteiger partial charge in [0.15, 0.2) is 0 Å². The maximum Gasteiger partial charge on any atom is 0.205 e. The van der Waals surface area contributed by atoms with Crippen LogP contribution in [-0.4, -0.2) is 19.0 Å². The maximum absolute atomic E-state index is 5.33. The zero-order valence-corrected chi connectivity index (χ0v) is 9.21. The Morgan fingerprint density at radius 1 is 1.50 bits per heavy atom. The molecule has 0 aromatic rings. The van der Waals surface area contributed by atoms with Crippen LogP contribution in [0.4, 0.5) is 0 Å². The van der Waals surface area contributed by atoms with E-state index in [1.807, 2.05) is 6.92 Å². The molecule has 0 aliphatic heterocycles. The lowest BCUT2D eigenvalue weighted by Crippen LogP contribution is -2.41. The predicted molar refractivity (Wildman–Crippen MR) is 59.8 cm³/mol. The van der Waals surface area contributed by atoms with Crippen LogP contribution in [0.1, 0.15) is 33.1 Å². The van der Waals surface area contributed by atoms with Crippen molar-refractivity contribution in [3.63, 3.8) is 0 Å². The molecule has 0 heterocycles. The van der Waals surface area contributed by atoms with Crippen LogP contribution in [0.25, 0.3) is 0 Å². The molecule has 0 bridgehead atoms. The SMILES string of the molecule is CCNC(=NCC1CCCC1C)NN. The number of rotatable bonds is 3. The fraction of sp³-hybridized carbons (Fsp3) is 0.900. The first-order chi connectivity index (χ1) is 6.77. The summed E-state index contributed by atoms with van der Waals surface area (Å²) in [5, 5.41) is 3.08. The highest BCUT2D eigenvalue weighted by atomic mass is 15.3. The quantitative estimate of drug-likeness (QED) is 0.273. The summed E-state index contributed by atoms with van der Waals surface area (Å²) in [6.45, 7) is 6.10. The van der Waals surface area contributed by atoms with Crippen molar-refractivity contribution in [1.82, 2.24) is 10.7 Å². The minimum absolute atomic E-state index is 0.714. The predicted octanol–water partition coefficient (Wildman–Crippen LogP) is 0.851. The molecule has 0 amide bonds. The van der Waals surface area contributed by atoms with Gasteiger partial charge in [0.2, 0.25) is 5.96 Å². The first kappa shape index (κ1) is 11.3. The summed E-state index contributed by atoms with van der Waals surface area (Å²) in [5.41, 5.74) is 2.58. The van der Waals surface area contributed by atoms with Crippen LogP contribution in [-0.2, 0) is 0 Å². The molecule has 0 aromatic heterocycles. The molecular weight excluding hydrogens is 176 g/mol. The van der Waals surface area contributed by atoms with E-state index in [2.05, 4.69) is 22.7 Å². The van der Waals surface area contributed by atoms with Crippen molar-refractivity contribution < 1.29 is 0 Å². The Labute approximate surface area is 86.3 Å². The van der Waals surface area contributed by atoms with Crippen molar-refractivity contribution in [2.75, 3.05) is 13.1 Å². The van der Waals surface area contributed by atoms with Crippen molar-refractivity contribution in [1.29, 1.82) is 0 Å². The lowest BCUT2D eigenvalue weighted by molar-refractivity contribution is 0.429. The van der Waals surface area contributed by atoms with E-state index in [4.69, 9.17) is 5.84 Å². The van der Waals surface area contributed by atoms with Crippen LogP contribution in [0, 0.1) is 11.8 Å². The summed E-state index contributed by atoms with van der Waals surface area (Å²) >= 11 is 0. The van der Waals surface area contributed by atoms with E-state index in [0.29, 0.717) is 5.96 Å². The molecule has 4 nitrogen and oxygen atoms in total. The standard InChI is InChI=1S/C10H22N4/c1-3-12-10(14-11)13-7-9-6-4-5-8(9)2/h8-9H,3-7,11H2,1-2H3,(H2,12,13,14). The molecule has 4 heteroatoms. The molecule has 14 heavy (non-hydrogen) atoms. The molecule has 1 aliphatic carbocycles. The van der Waals surface area contributed by atoms with E-state index in [1.165, 1.54) is 19.3 Å². The molecule has 1 fully saturated rings. The molecular formula is C10H22N4. The number of guanidine groups is 1. The highest BCUT2D eigenvalue weighted by Gasteiger charge is 2.22. The molecule has 0 spiro atoms. The largest absolute Gasteiger partial charge is 0.356 e. The number of aliphatic imine (C=N–C) groups is 1. The third kappa shape index (κ3) is 3.18. The Balaban J connectivity index is 2.35. The van der Waals surface area contributed by atoms with Crippen molar-refractivity contribution in [2.45, 2.75) is 33.1 Å². The highest BCUT2D eigenvalue weighted by Crippen LogP contribution is 2.31. The summed E-state index contributed by atoms with van der Waals surface area (Å²) in [6.07, 6.45) is 4.02. The molecule has 2 unspecified atom stereocenters. The van der Waals surface area contributed by atoms with Gasteiger partial charge >= 0.3 is 0 Å². The van der Waals surface area contributed by atoms with Gasteiger partial charge in [0.05, 0.1) is 0 Å². The van der Waals surface area contributed by atoms with Crippen LogP contribution >= 0.6 is 0 Å². The van der Waals surface area contributed by atoms with Crippen molar-refractivity contribution in [3.05, 3.63) is 0 Å². The summed E-state index contributed by atoms with van der Waals surface area (Å²) < 4.78 is 0. The molecule has 1 saturated carbocycles. The lowest BCUT2D eigenvalue weighted by atomic mass is 9.99. The summed E-state index contributed by atoms with van der Waals surface area (Å²) in [4.78, 5) is 4.43. The lowest BCUT2D eigenvalue weighted by Gasteiger charge is -2.13. The van der Waals surface area contributed by atoms with Gasteiger partial charge in [-0.25, -0.2) is 5.84 Å². The normalized spacial score (nSPS) is 27.8. The maximum atomic E-state index is 5.33. The molecule has 82 valence electrons. The second-order valence-corrected chi connectivity index (χ2v) is 4.03. The van der Waals surface area contributed by atoms with Gasteiger partial charge in [-0.15, -0.1) is 0 Å². The Hall–Kier alpha value is -0.770. The summed E-state index contributed by atoms with van der Waals surface area (Å²) in [7, 11) is 0. The van der Waals surface area contributed by atoms with Crippen LogP contribution in [0.3, 0.4) is 0 Å². The number of nitrogens with two attached hydrogens (primary N) is 1. The van der Waals surface area contributed by atoms with E-state index in [1.54, 1.807) is 0 Å². The van der Waals surface area contributed by atoms with Gasteiger partial charge in [-0.2, -0.15) is 0 Å². The molecule has 1 rings (SSSR count). The first-order valence-electron chi connectivity index (χ1n) is 5.52. The fourth-order valence-electron chi connectivity index (χ4n) is 2.02. The summed E-state index contributed by atoms with van der Waals surface area (Å²) in [6, 6.07) is 0. The molecule has 0 radical (unpaired) electrons. The molecule has 2 atom stereocenters. The number of nitrogens with one attached hydrogen (secondary N) is 2. The van der Waals surface area contributed by atoms with E-state index in [0.717, 1.165) is 24.9 Å². The number of hydrogen-bond donors (Lipinski definition) is 3. The van der Waals surface area contributed by atoms with Crippen molar-refractivity contribution in [2.24, 2.45) is 22.7 Å². The monoisotopic (exact) mass is 198 g/mol. The van der Waals surface area contributed by atoms with Gasteiger partial charge in [-0.05, 0) is 25.2 Å². The average molecular weight is 198 g/mol. The third-order valence-corrected chi connectivity index (χ3v) is 3.00. The Bertz CT molecular complexity index is 191. The Morgan fingerprint density at radius 3 is 2.79 bits per heavy atom. The van der Waals surface area contributed by atoms with Gasteiger partial charge in [0.1, 0.15) is 0 Å².